The number of hydrogen-bond acceptors (Lipinski definition) is 4. The normalized spacial score (nSPS) is 21.1. The minimum Gasteiger partial charge on any atom is -0.366 e. The van der Waals surface area contributed by atoms with E-state index in [0.29, 0.717) is 12.0 Å². The Hall–Kier alpha value is -2.43. The Morgan fingerprint density at radius 2 is 2.05 bits per heavy atom. The van der Waals surface area contributed by atoms with Gasteiger partial charge in [0.15, 0.2) is 5.65 Å². The van der Waals surface area contributed by atoms with E-state index in [9.17, 15) is 0 Å². The molecule has 1 aliphatic carbocycles. The van der Waals surface area contributed by atoms with Crippen molar-refractivity contribution in [3.05, 3.63) is 48.4 Å². The van der Waals surface area contributed by atoms with E-state index < -0.39 is 0 Å². The van der Waals surface area contributed by atoms with E-state index in [1.807, 2.05) is 13.2 Å². The topological polar surface area (TPSA) is 55.6 Å². The molecule has 100 valence electrons. The first-order chi connectivity index (χ1) is 9.83. The van der Waals surface area contributed by atoms with Gasteiger partial charge in [0.25, 0.3) is 0 Å². The van der Waals surface area contributed by atoms with Gasteiger partial charge >= 0.3 is 0 Å². The largest absolute Gasteiger partial charge is 0.366 e. The molecular formula is C15H15N5. The lowest BCUT2D eigenvalue weighted by Gasteiger charge is -2.06. The summed E-state index contributed by atoms with van der Waals surface area (Å²) in [5.74, 6) is 1.46. The standard InChI is InChI=1S/C15H15N5/c1-20-15-12(8-18-20)14(16-9-17-15)19-13-7-11(13)10-5-3-2-4-6-10/h2-6,8-9,11,13H,7H2,1H3,(H,16,17,19). The molecule has 2 unspecified atom stereocenters. The monoisotopic (exact) mass is 265 g/mol. The number of nitrogens with one attached hydrogen (secondary N) is 1. The third kappa shape index (κ3) is 1.82. The maximum atomic E-state index is 4.35. The summed E-state index contributed by atoms with van der Waals surface area (Å²) >= 11 is 0. The van der Waals surface area contributed by atoms with Gasteiger partial charge in [-0.2, -0.15) is 5.10 Å². The van der Waals surface area contributed by atoms with Crippen LogP contribution >= 0.6 is 0 Å². The van der Waals surface area contributed by atoms with Crippen molar-refractivity contribution in [2.45, 2.75) is 18.4 Å². The van der Waals surface area contributed by atoms with E-state index in [1.165, 1.54) is 5.56 Å². The third-order valence-corrected chi connectivity index (χ3v) is 3.87. The molecule has 20 heavy (non-hydrogen) atoms. The van der Waals surface area contributed by atoms with E-state index >= 15 is 0 Å². The highest BCUT2D eigenvalue weighted by molar-refractivity contribution is 5.86. The summed E-state index contributed by atoms with van der Waals surface area (Å²) in [4.78, 5) is 8.61. The molecule has 0 amide bonds. The molecular weight excluding hydrogens is 250 g/mol. The second-order valence-electron chi connectivity index (χ2n) is 5.23. The Balaban J connectivity index is 1.58. The van der Waals surface area contributed by atoms with Crippen LogP contribution in [0.4, 0.5) is 5.82 Å². The SMILES string of the molecule is Cn1ncc2c(NC3CC3c3ccccc3)ncnc21. The Morgan fingerprint density at radius 1 is 1.20 bits per heavy atom. The summed E-state index contributed by atoms with van der Waals surface area (Å²) in [5.41, 5.74) is 2.25. The zero-order chi connectivity index (χ0) is 13.5. The van der Waals surface area contributed by atoms with E-state index in [4.69, 9.17) is 0 Å². The highest BCUT2D eigenvalue weighted by atomic mass is 15.3. The molecule has 1 saturated carbocycles. The number of nitrogens with zero attached hydrogens (tertiary/aromatic N) is 4. The Kier molecular flexibility index (Phi) is 2.45. The van der Waals surface area contributed by atoms with Crippen LogP contribution in [0.5, 0.6) is 0 Å². The van der Waals surface area contributed by atoms with Crippen molar-refractivity contribution in [1.82, 2.24) is 19.7 Å². The first-order valence-corrected chi connectivity index (χ1v) is 6.77. The highest BCUT2D eigenvalue weighted by Crippen LogP contribution is 2.42. The molecule has 0 aliphatic heterocycles. The van der Waals surface area contributed by atoms with Gasteiger partial charge < -0.3 is 5.32 Å². The van der Waals surface area contributed by atoms with Crippen LogP contribution in [-0.2, 0) is 7.05 Å². The van der Waals surface area contributed by atoms with Gasteiger partial charge in [0.1, 0.15) is 12.1 Å². The maximum Gasteiger partial charge on any atom is 0.163 e. The van der Waals surface area contributed by atoms with Crippen molar-refractivity contribution in [3.8, 4) is 0 Å². The maximum absolute atomic E-state index is 4.35. The Labute approximate surface area is 116 Å². The van der Waals surface area contributed by atoms with Crippen molar-refractivity contribution in [2.24, 2.45) is 7.05 Å². The fraction of sp³-hybridized carbons (Fsp3) is 0.267. The van der Waals surface area contributed by atoms with E-state index in [0.717, 1.165) is 23.3 Å². The molecule has 5 heteroatoms. The van der Waals surface area contributed by atoms with Gasteiger partial charge in [-0.3, -0.25) is 4.68 Å². The zero-order valence-corrected chi connectivity index (χ0v) is 11.2. The van der Waals surface area contributed by atoms with E-state index in [1.54, 1.807) is 11.0 Å². The second kappa shape index (κ2) is 4.30. The summed E-state index contributed by atoms with van der Waals surface area (Å²) in [6.07, 6.45) is 4.56. The quantitative estimate of drug-likeness (QED) is 0.789. The molecule has 1 fully saturated rings. The average molecular weight is 265 g/mol. The van der Waals surface area contributed by atoms with Gasteiger partial charge in [-0.1, -0.05) is 30.3 Å². The number of aryl methyl sites for hydroxylation is 1. The molecule has 2 aromatic heterocycles. The van der Waals surface area contributed by atoms with Crippen LogP contribution in [0.25, 0.3) is 11.0 Å². The molecule has 1 aliphatic rings. The first kappa shape index (κ1) is 11.4. The lowest BCUT2D eigenvalue weighted by atomic mass is 10.1. The van der Waals surface area contributed by atoms with Gasteiger partial charge in [0.2, 0.25) is 0 Å². The predicted molar refractivity (Wildman–Crippen MR) is 77.5 cm³/mol. The average Bonchev–Trinajstić information content (AvgIpc) is 3.15. The molecule has 2 heterocycles. The van der Waals surface area contributed by atoms with Crippen molar-refractivity contribution in [2.75, 3.05) is 5.32 Å². The Bertz CT molecular complexity index is 749. The van der Waals surface area contributed by atoms with Crippen LogP contribution in [0.15, 0.2) is 42.9 Å². The van der Waals surface area contributed by atoms with Gasteiger partial charge in [0, 0.05) is 19.0 Å². The Morgan fingerprint density at radius 3 is 2.90 bits per heavy atom. The molecule has 0 radical (unpaired) electrons. The lowest BCUT2D eigenvalue weighted by molar-refractivity contribution is 0.785. The minimum atomic E-state index is 0.454. The van der Waals surface area contributed by atoms with Crippen molar-refractivity contribution in [3.63, 3.8) is 0 Å². The van der Waals surface area contributed by atoms with Crippen LogP contribution in [0.3, 0.4) is 0 Å². The molecule has 2 atom stereocenters. The molecule has 1 aromatic carbocycles. The number of hydrogen-bond donors (Lipinski definition) is 1. The van der Waals surface area contributed by atoms with Gasteiger partial charge in [-0.25, -0.2) is 9.97 Å². The molecule has 0 spiro atoms. The van der Waals surface area contributed by atoms with Crippen LogP contribution in [0.1, 0.15) is 17.9 Å². The number of fused-ring (bicyclic) bond motifs is 1. The summed E-state index contributed by atoms with van der Waals surface area (Å²) in [7, 11) is 1.89. The third-order valence-electron chi connectivity index (χ3n) is 3.87. The van der Waals surface area contributed by atoms with Crippen LogP contribution in [-0.4, -0.2) is 25.8 Å². The van der Waals surface area contributed by atoms with Crippen LogP contribution in [0.2, 0.25) is 0 Å². The zero-order valence-electron chi connectivity index (χ0n) is 11.2. The van der Waals surface area contributed by atoms with Gasteiger partial charge in [-0.15, -0.1) is 0 Å². The molecule has 5 nitrogen and oxygen atoms in total. The van der Waals surface area contributed by atoms with Gasteiger partial charge in [-0.05, 0) is 12.0 Å². The molecule has 0 saturated heterocycles. The fourth-order valence-corrected chi connectivity index (χ4v) is 2.68. The summed E-state index contributed by atoms with van der Waals surface area (Å²) in [5, 5.41) is 8.73. The predicted octanol–water partition coefficient (Wildman–Crippen LogP) is 2.33. The number of rotatable bonds is 3. The van der Waals surface area contributed by atoms with Gasteiger partial charge in [0.05, 0.1) is 11.6 Å². The fourth-order valence-electron chi connectivity index (χ4n) is 2.68. The molecule has 0 bridgehead atoms. The second-order valence-corrected chi connectivity index (χ2v) is 5.23. The lowest BCUT2D eigenvalue weighted by Crippen LogP contribution is -2.06. The number of anilines is 1. The number of aromatic nitrogens is 4. The summed E-state index contributed by atoms with van der Waals surface area (Å²) in [6, 6.07) is 11.1. The van der Waals surface area contributed by atoms with Crippen LogP contribution < -0.4 is 5.32 Å². The van der Waals surface area contributed by atoms with Crippen molar-refractivity contribution < 1.29 is 0 Å². The molecule has 4 rings (SSSR count). The van der Waals surface area contributed by atoms with E-state index in [-0.39, 0.29) is 0 Å². The van der Waals surface area contributed by atoms with Crippen molar-refractivity contribution >= 4 is 16.9 Å². The number of benzene rings is 1. The summed E-state index contributed by atoms with van der Waals surface area (Å²) in [6.45, 7) is 0. The first-order valence-electron chi connectivity index (χ1n) is 6.77. The highest BCUT2D eigenvalue weighted by Gasteiger charge is 2.38. The smallest absolute Gasteiger partial charge is 0.163 e. The molecule has 1 N–H and O–H groups in total. The van der Waals surface area contributed by atoms with E-state index in [2.05, 4.69) is 50.7 Å². The van der Waals surface area contributed by atoms with Crippen LogP contribution in [0, 0.1) is 0 Å². The molecule has 3 aromatic rings. The minimum absolute atomic E-state index is 0.454. The summed E-state index contributed by atoms with van der Waals surface area (Å²) < 4.78 is 1.77. The van der Waals surface area contributed by atoms with Crippen molar-refractivity contribution in [1.29, 1.82) is 0 Å².